The van der Waals surface area contributed by atoms with Crippen LogP contribution < -0.4 is 10.5 Å². The SMILES string of the molecule is CC1CSCCN1CCOc1ccc(CC(N)=S)cc1. The molecule has 0 aliphatic carbocycles. The van der Waals surface area contributed by atoms with Gasteiger partial charge >= 0.3 is 0 Å². The average molecular weight is 310 g/mol. The molecule has 1 fully saturated rings. The molecule has 2 N–H and O–H groups in total. The molecule has 20 heavy (non-hydrogen) atoms. The van der Waals surface area contributed by atoms with Gasteiger partial charge in [0.2, 0.25) is 0 Å². The maximum Gasteiger partial charge on any atom is 0.119 e. The molecule has 3 nitrogen and oxygen atoms in total. The summed E-state index contributed by atoms with van der Waals surface area (Å²) in [5.41, 5.74) is 6.66. The van der Waals surface area contributed by atoms with Crippen LogP contribution in [0.1, 0.15) is 12.5 Å². The number of benzene rings is 1. The van der Waals surface area contributed by atoms with E-state index in [1.54, 1.807) is 0 Å². The quantitative estimate of drug-likeness (QED) is 0.817. The van der Waals surface area contributed by atoms with Crippen LogP contribution in [0, 0.1) is 0 Å². The standard InChI is InChI=1S/C15H22N2OS2/c1-12-11-20-9-7-17(12)6-8-18-14-4-2-13(3-5-14)10-15(16)19/h2-5,12H,6-11H2,1H3,(H2,16,19). The zero-order valence-corrected chi connectivity index (χ0v) is 13.5. The molecule has 2 rings (SSSR count). The number of ether oxygens (including phenoxy) is 1. The zero-order valence-electron chi connectivity index (χ0n) is 11.9. The Labute approximate surface area is 130 Å². The van der Waals surface area contributed by atoms with Gasteiger partial charge in [-0.3, -0.25) is 4.90 Å². The lowest BCUT2D eigenvalue weighted by Crippen LogP contribution is -2.42. The summed E-state index contributed by atoms with van der Waals surface area (Å²) in [6.45, 7) is 5.19. The van der Waals surface area contributed by atoms with E-state index in [2.05, 4.69) is 11.8 Å². The number of nitrogens with zero attached hydrogens (tertiary/aromatic N) is 1. The van der Waals surface area contributed by atoms with E-state index in [1.165, 1.54) is 18.1 Å². The van der Waals surface area contributed by atoms with E-state index in [4.69, 9.17) is 22.7 Å². The molecule has 0 aromatic heterocycles. The minimum Gasteiger partial charge on any atom is -0.492 e. The van der Waals surface area contributed by atoms with Crippen molar-refractivity contribution < 1.29 is 4.74 Å². The molecule has 1 aliphatic rings. The van der Waals surface area contributed by atoms with Crippen LogP contribution in [0.2, 0.25) is 0 Å². The summed E-state index contributed by atoms with van der Waals surface area (Å²) < 4.78 is 5.80. The first kappa shape index (κ1) is 15.6. The number of hydrogen-bond donors (Lipinski definition) is 1. The molecule has 1 aromatic carbocycles. The Bertz CT molecular complexity index is 436. The molecule has 0 saturated carbocycles. The molecule has 5 heteroatoms. The van der Waals surface area contributed by atoms with Crippen molar-refractivity contribution in [3.8, 4) is 5.75 Å². The summed E-state index contributed by atoms with van der Waals surface area (Å²) in [6.07, 6.45) is 0.651. The first-order valence-electron chi connectivity index (χ1n) is 6.97. The highest BCUT2D eigenvalue weighted by atomic mass is 32.2. The van der Waals surface area contributed by atoms with E-state index in [1.807, 2.05) is 36.0 Å². The van der Waals surface area contributed by atoms with Gasteiger partial charge < -0.3 is 10.5 Å². The number of thiocarbonyl (C=S) groups is 1. The van der Waals surface area contributed by atoms with Crippen molar-refractivity contribution in [1.82, 2.24) is 4.90 Å². The van der Waals surface area contributed by atoms with Crippen molar-refractivity contribution in [2.24, 2.45) is 5.73 Å². The average Bonchev–Trinajstić information content (AvgIpc) is 2.42. The van der Waals surface area contributed by atoms with Crippen LogP contribution in [0.15, 0.2) is 24.3 Å². The van der Waals surface area contributed by atoms with Crippen LogP contribution in [-0.4, -0.2) is 47.1 Å². The van der Waals surface area contributed by atoms with Gasteiger partial charge in [-0.05, 0) is 24.6 Å². The third-order valence-electron chi connectivity index (χ3n) is 3.45. The van der Waals surface area contributed by atoms with Crippen molar-refractivity contribution in [2.45, 2.75) is 19.4 Å². The number of nitrogens with two attached hydrogens (primary N) is 1. The molecule has 110 valence electrons. The minimum absolute atomic E-state index is 0.524. The fourth-order valence-electron chi connectivity index (χ4n) is 2.28. The maximum absolute atomic E-state index is 5.80. The van der Waals surface area contributed by atoms with Gasteiger partial charge in [0.25, 0.3) is 0 Å². The van der Waals surface area contributed by atoms with Crippen molar-refractivity contribution in [2.75, 3.05) is 31.2 Å². The van der Waals surface area contributed by atoms with Crippen molar-refractivity contribution in [3.05, 3.63) is 29.8 Å². The maximum atomic E-state index is 5.80. The van der Waals surface area contributed by atoms with Gasteiger partial charge in [-0.1, -0.05) is 24.4 Å². The Kier molecular flexibility index (Phi) is 6.13. The Morgan fingerprint density at radius 1 is 1.45 bits per heavy atom. The molecule has 0 spiro atoms. The summed E-state index contributed by atoms with van der Waals surface area (Å²) >= 11 is 6.94. The topological polar surface area (TPSA) is 38.5 Å². The second kappa shape index (κ2) is 7.86. The summed E-state index contributed by atoms with van der Waals surface area (Å²) in [7, 11) is 0. The lowest BCUT2D eigenvalue weighted by atomic mass is 10.1. The van der Waals surface area contributed by atoms with Gasteiger partial charge in [-0.2, -0.15) is 11.8 Å². The first-order valence-corrected chi connectivity index (χ1v) is 8.53. The zero-order chi connectivity index (χ0) is 14.4. The smallest absolute Gasteiger partial charge is 0.119 e. The third-order valence-corrected chi connectivity index (χ3v) is 4.79. The highest BCUT2D eigenvalue weighted by Gasteiger charge is 2.17. The van der Waals surface area contributed by atoms with E-state index < -0.39 is 0 Å². The normalized spacial score (nSPS) is 19.8. The van der Waals surface area contributed by atoms with Gasteiger partial charge in [0.05, 0.1) is 4.99 Å². The molecule has 1 heterocycles. The Morgan fingerprint density at radius 3 is 2.85 bits per heavy atom. The summed E-state index contributed by atoms with van der Waals surface area (Å²) in [5, 5.41) is 0. The molecule has 0 bridgehead atoms. The van der Waals surface area contributed by atoms with Crippen LogP contribution >= 0.6 is 24.0 Å². The molecular weight excluding hydrogens is 288 g/mol. The summed E-state index contributed by atoms with van der Waals surface area (Å²) in [4.78, 5) is 3.02. The van der Waals surface area contributed by atoms with Gasteiger partial charge in [-0.25, -0.2) is 0 Å². The van der Waals surface area contributed by atoms with Crippen molar-refractivity contribution in [1.29, 1.82) is 0 Å². The minimum atomic E-state index is 0.524. The molecule has 0 amide bonds. The third kappa shape index (κ3) is 4.96. The van der Waals surface area contributed by atoms with E-state index in [-0.39, 0.29) is 0 Å². The molecule has 1 saturated heterocycles. The van der Waals surface area contributed by atoms with Crippen LogP contribution in [-0.2, 0) is 6.42 Å². The Balaban J connectivity index is 1.74. The molecule has 0 radical (unpaired) electrons. The monoisotopic (exact) mass is 310 g/mol. The first-order chi connectivity index (χ1) is 9.65. The van der Waals surface area contributed by atoms with Gasteiger partial charge in [-0.15, -0.1) is 0 Å². The fourth-order valence-corrected chi connectivity index (χ4v) is 3.53. The van der Waals surface area contributed by atoms with Crippen molar-refractivity contribution in [3.63, 3.8) is 0 Å². The van der Waals surface area contributed by atoms with Crippen LogP contribution in [0.3, 0.4) is 0 Å². The van der Waals surface area contributed by atoms with E-state index in [0.29, 0.717) is 17.5 Å². The second-order valence-corrected chi connectivity index (χ2v) is 6.77. The summed E-state index contributed by atoms with van der Waals surface area (Å²) in [5.74, 6) is 3.38. The number of thioether (sulfide) groups is 1. The number of hydrogen-bond acceptors (Lipinski definition) is 4. The summed E-state index contributed by atoms with van der Waals surface area (Å²) in [6, 6.07) is 8.68. The van der Waals surface area contributed by atoms with Gasteiger partial charge in [0.1, 0.15) is 12.4 Å². The van der Waals surface area contributed by atoms with Gasteiger partial charge in [0, 0.05) is 37.1 Å². The largest absolute Gasteiger partial charge is 0.492 e. The van der Waals surface area contributed by atoms with Crippen molar-refractivity contribution >= 4 is 29.0 Å². The molecule has 1 aliphatic heterocycles. The highest BCUT2D eigenvalue weighted by molar-refractivity contribution is 7.99. The predicted octanol–water partition coefficient (Wildman–Crippen LogP) is 2.33. The fraction of sp³-hybridized carbons (Fsp3) is 0.533. The molecule has 1 atom stereocenters. The van der Waals surface area contributed by atoms with E-state index in [9.17, 15) is 0 Å². The second-order valence-electron chi connectivity index (χ2n) is 5.10. The van der Waals surface area contributed by atoms with Gasteiger partial charge in [0.15, 0.2) is 0 Å². The van der Waals surface area contributed by atoms with Crippen LogP contribution in [0.25, 0.3) is 0 Å². The molecule has 1 unspecified atom stereocenters. The highest BCUT2D eigenvalue weighted by Crippen LogP contribution is 2.16. The lowest BCUT2D eigenvalue weighted by molar-refractivity contribution is 0.183. The van der Waals surface area contributed by atoms with E-state index >= 15 is 0 Å². The van der Waals surface area contributed by atoms with E-state index in [0.717, 1.165) is 24.5 Å². The lowest BCUT2D eigenvalue weighted by Gasteiger charge is -2.32. The predicted molar refractivity (Wildman–Crippen MR) is 90.8 cm³/mol. The number of rotatable bonds is 6. The van der Waals surface area contributed by atoms with Crippen LogP contribution in [0.4, 0.5) is 0 Å². The molecule has 1 aromatic rings. The Morgan fingerprint density at radius 2 is 2.20 bits per heavy atom. The molecular formula is C15H22N2OS2. The van der Waals surface area contributed by atoms with Crippen LogP contribution in [0.5, 0.6) is 5.75 Å². The Hall–Kier alpha value is -0.780.